The van der Waals surface area contributed by atoms with Gasteiger partial charge in [0, 0.05) is 42.6 Å². The van der Waals surface area contributed by atoms with Gasteiger partial charge >= 0.3 is 0 Å². The molecule has 0 aliphatic carbocycles. The predicted octanol–water partition coefficient (Wildman–Crippen LogP) is 3.59. The number of piperidine rings is 1. The Morgan fingerprint density at radius 3 is 3.00 bits per heavy atom. The van der Waals surface area contributed by atoms with E-state index in [0.29, 0.717) is 24.3 Å². The standard InChI is InChI=1S/C22H25N7O/c1-2-4-18(30)29-10-3-5-14(12-29)22-26-19-15-7-6-13(16-8-9-24-28-16)11-17(15)25-21(23)20(19)27-22/h6-9,11,14H,2-5,10,12H2,1H3,(H2,23,25)(H,24,28)(H,26,27)/t14-/m1/s1. The summed E-state index contributed by atoms with van der Waals surface area (Å²) >= 11 is 0. The number of anilines is 1. The number of nitrogens with two attached hydrogens (primary N) is 1. The summed E-state index contributed by atoms with van der Waals surface area (Å²) in [6, 6.07) is 7.98. The number of nitrogens with one attached hydrogen (secondary N) is 2. The van der Waals surface area contributed by atoms with Gasteiger partial charge in [-0.1, -0.05) is 13.0 Å². The molecule has 1 aliphatic heterocycles. The van der Waals surface area contributed by atoms with Gasteiger partial charge < -0.3 is 15.6 Å². The number of aromatic nitrogens is 5. The number of aromatic amines is 2. The number of H-pyrrole nitrogens is 2. The lowest BCUT2D eigenvalue weighted by atomic mass is 9.97. The third kappa shape index (κ3) is 3.18. The van der Waals surface area contributed by atoms with E-state index in [2.05, 4.69) is 20.2 Å². The number of fused-ring (bicyclic) bond motifs is 3. The highest BCUT2D eigenvalue weighted by Gasteiger charge is 2.27. The molecular formula is C22H25N7O. The van der Waals surface area contributed by atoms with Gasteiger partial charge in [0.25, 0.3) is 0 Å². The van der Waals surface area contributed by atoms with Crippen molar-refractivity contribution in [2.45, 2.75) is 38.5 Å². The van der Waals surface area contributed by atoms with E-state index in [0.717, 1.165) is 59.3 Å². The van der Waals surface area contributed by atoms with Crippen LogP contribution in [0.5, 0.6) is 0 Å². The lowest BCUT2D eigenvalue weighted by Crippen LogP contribution is -2.39. The summed E-state index contributed by atoms with van der Waals surface area (Å²) in [4.78, 5) is 27.2. The van der Waals surface area contributed by atoms with Gasteiger partial charge in [0.2, 0.25) is 5.91 Å². The van der Waals surface area contributed by atoms with E-state index in [1.54, 1.807) is 6.20 Å². The van der Waals surface area contributed by atoms with Gasteiger partial charge in [0.1, 0.15) is 11.3 Å². The van der Waals surface area contributed by atoms with E-state index in [1.807, 2.05) is 36.1 Å². The minimum Gasteiger partial charge on any atom is -0.382 e. The molecule has 154 valence electrons. The zero-order chi connectivity index (χ0) is 20.7. The van der Waals surface area contributed by atoms with Crippen LogP contribution in [0.3, 0.4) is 0 Å². The number of rotatable bonds is 4. The van der Waals surface area contributed by atoms with E-state index in [9.17, 15) is 4.79 Å². The quantitative estimate of drug-likeness (QED) is 0.481. The monoisotopic (exact) mass is 403 g/mol. The van der Waals surface area contributed by atoms with Gasteiger partial charge in [-0.05, 0) is 37.5 Å². The van der Waals surface area contributed by atoms with Crippen LogP contribution < -0.4 is 5.73 Å². The van der Waals surface area contributed by atoms with Crippen LogP contribution in [0.1, 0.15) is 44.3 Å². The highest BCUT2D eigenvalue weighted by atomic mass is 16.2. The molecule has 1 saturated heterocycles. The number of pyridine rings is 1. The Balaban J connectivity index is 1.52. The first-order chi connectivity index (χ1) is 14.6. The number of imidazole rings is 1. The highest BCUT2D eigenvalue weighted by molar-refractivity contribution is 6.07. The number of hydrogen-bond donors (Lipinski definition) is 3. The average Bonchev–Trinajstić information content (AvgIpc) is 3.44. The Morgan fingerprint density at radius 2 is 2.20 bits per heavy atom. The number of carbonyl (C=O) groups excluding carboxylic acids is 1. The van der Waals surface area contributed by atoms with Crippen molar-refractivity contribution in [1.82, 2.24) is 30.0 Å². The van der Waals surface area contributed by atoms with Crippen molar-refractivity contribution in [2.75, 3.05) is 18.8 Å². The van der Waals surface area contributed by atoms with Crippen LogP contribution in [0.25, 0.3) is 33.2 Å². The summed E-state index contributed by atoms with van der Waals surface area (Å²) in [5.74, 6) is 1.71. The lowest BCUT2D eigenvalue weighted by Gasteiger charge is -2.31. The fourth-order valence-corrected chi connectivity index (χ4v) is 4.36. The minimum absolute atomic E-state index is 0.185. The van der Waals surface area contributed by atoms with E-state index in [-0.39, 0.29) is 11.8 Å². The van der Waals surface area contributed by atoms with E-state index in [4.69, 9.17) is 10.7 Å². The Morgan fingerprint density at radius 1 is 1.30 bits per heavy atom. The van der Waals surface area contributed by atoms with Crippen molar-refractivity contribution >= 4 is 33.7 Å². The molecule has 1 aliphatic rings. The number of benzene rings is 1. The van der Waals surface area contributed by atoms with Crippen LogP contribution in [0.2, 0.25) is 0 Å². The number of likely N-dealkylation sites (tertiary alicyclic amines) is 1. The largest absolute Gasteiger partial charge is 0.382 e. The van der Waals surface area contributed by atoms with Gasteiger partial charge in [-0.2, -0.15) is 5.10 Å². The molecule has 8 nitrogen and oxygen atoms in total. The Kier molecular flexibility index (Phi) is 4.61. The second-order valence-corrected chi connectivity index (χ2v) is 7.96. The number of hydrogen-bond acceptors (Lipinski definition) is 5. The first-order valence-electron chi connectivity index (χ1n) is 10.5. The summed E-state index contributed by atoms with van der Waals surface area (Å²) in [6.07, 6.45) is 5.26. The number of carbonyl (C=O) groups is 1. The van der Waals surface area contributed by atoms with E-state index >= 15 is 0 Å². The van der Waals surface area contributed by atoms with Crippen LogP contribution in [0.15, 0.2) is 30.5 Å². The molecule has 0 saturated carbocycles. The zero-order valence-corrected chi connectivity index (χ0v) is 17.0. The van der Waals surface area contributed by atoms with Crippen LogP contribution in [0.4, 0.5) is 5.82 Å². The number of nitrogen functional groups attached to an aromatic ring is 1. The normalized spacial score (nSPS) is 17.1. The lowest BCUT2D eigenvalue weighted by molar-refractivity contribution is -0.132. The molecule has 0 spiro atoms. The van der Waals surface area contributed by atoms with Crippen LogP contribution in [0, 0.1) is 0 Å². The van der Waals surface area contributed by atoms with Crippen molar-refractivity contribution in [3.8, 4) is 11.3 Å². The van der Waals surface area contributed by atoms with E-state index in [1.165, 1.54) is 0 Å². The maximum atomic E-state index is 12.4. The first-order valence-corrected chi connectivity index (χ1v) is 10.5. The minimum atomic E-state index is 0.185. The maximum Gasteiger partial charge on any atom is 0.222 e. The summed E-state index contributed by atoms with van der Waals surface area (Å²) < 4.78 is 0. The van der Waals surface area contributed by atoms with Crippen molar-refractivity contribution in [3.05, 3.63) is 36.3 Å². The third-order valence-electron chi connectivity index (χ3n) is 5.89. The highest BCUT2D eigenvalue weighted by Crippen LogP contribution is 2.33. The summed E-state index contributed by atoms with van der Waals surface area (Å²) in [5, 5.41) is 8.06. The molecule has 4 N–H and O–H groups in total. The Labute approximate surface area is 173 Å². The second-order valence-electron chi connectivity index (χ2n) is 7.96. The molecule has 0 unspecified atom stereocenters. The van der Waals surface area contributed by atoms with Crippen molar-refractivity contribution < 1.29 is 4.79 Å². The van der Waals surface area contributed by atoms with E-state index < -0.39 is 0 Å². The van der Waals surface area contributed by atoms with Gasteiger partial charge in [0.05, 0.1) is 16.7 Å². The van der Waals surface area contributed by atoms with Crippen molar-refractivity contribution in [2.24, 2.45) is 0 Å². The molecule has 5 rings (SSSR count). The molecule has 4 heterocycles. The van der Waals surface area contributed by atoms with Crippen LogP contribution in [-0.2, 0) is 4.79 Å². The summed E-state index contributed by atoms with van der Waals surface area (Å²) in [6.45, 7) is 3.57. The molecule has 1 amide bonds. The molecule has 1 aromatic carbocycles. The Hall–Kier alpha value is -3.42. The topological polar surface area (TPSA) is 117 Å². The maximum absolute atomic E-state index is 12.4. The molecule has 0 radical (unpaired) electrons. The first kappa shape index (κ1) is 18.6. The fraction of sp³-hybridized carbons (Fsp3) is 0.364. The number of amides is 1. The number of nitrogens with zero attached hydrogens (tertiary/aromatic N) is 4. The van der Waals surface area contributed by atoms with Crippen molar-refractivity contribution in [1.29, 1.82) is 0 Å². The predicted molar refractivity (Wildman–Crippen MR) is 117 cm³/mol. The zero-order valence-electron chi connectivity index (χ0n) is 17.0. The Bertz CT molecular complexity index is 1210. The molecule has 8 heteroatoms. The van der Waals surface area contributed by atoms with Gasteiger partial charge in [-0.3, -0.25) is 9.89 Å². The summed E-state index contributed by atoms with van der Waals surface area (Å²) in [5.41, 5.74) is 10.5. The molecule has 0 bridgehead atoms. The average molecular weight is 403 g/mol. The summed E-state index contributed by atoms with van der Waals surface area (Å²) in [7, 11) is 0. The molecule has 1 fully saturated rings. The van der Waals surface area contributed by atoms with Crippen LogP contribution >= 0.6 is 0 Å². The van der Waals surface area contributed by atoms with Gasteiger partial charge in [-0.25, -0.2) is 9.97 Å². The second kappa shape index (κ2) is 7.44. The van der Waals surface area contributed by atoms with Gasteiger partial charge in [-0.15, -0.1) is 0 Å². The van der Waals surface area contributed by atoms with Crippen molar-refractivity contribution in [3.63, 3.8) is 0 Å². The molecular weight excluding hydrogens is 378 g/mol. The van der Waals surface area contributed by atoms with Gasteiger partial charge in [0.15, 0.2) is 5.82 Å². The smallest absolute Gasteiger partial charge is 0.222 e. The molecule has 3 aromatic heterocycles. The third-order valence-corrected chi connectivity index (χ3v) is 5.89. The fourth-order valence-electron chi connectivity index (χ4n) is 4.36. The molecule has 1 atom stereocenters. The molecule has 30 heavy (non-hydrogen) atoms. The SMILES string of the molecule is CCCC(=O)N1CCC[C@@H](c2nc3c(N)nc4cc(-c5cc[nH]n5)ccc4c3[nH]2)C1. The van der Waals surface area contributed by atoms with Crippen LogP contribution in [-0.4, -0.2) is 49.0 Å². The molecule has 4 aromatic rings.